The second-order valence-electron chi connectivity index (χ2n) is 6.15. The van der Waals surface area contributed by atoms with E-state index in [9.17, 15) is 0 Å². The lowest BCUT2D eigenvalue weighted by atomic mass is 10.1. The minimum Gasteiger partial charge on any atom is -0.354 e. The normalized spacial score (nSPS) is 18.4. The molecule has 1 saturated heterocycles. The molecule has 2 rings (SSSR count). The lowest BCUT2D eigenvalue weighted by molar-refractivity contribution is 0.637. The Morgan fingerprint density at radius 1 is 1.24 bits per heavy atom. The third-order valence-electron chi connectivity index (χ3n) is 4.33. The fourth-order valence-electron chi connectivity index (χ4n) is 3.24. The SMILES string of the molecule is CCCNCc1cc(CCC)nc(N2CCCC2CC)c1. The number of nitrogens with zero attached hydrogens (tertiary/aromatic N) is 2. The number of aryl methyl sites for hydroxylation is 1. The molecule has 0 radical (unpaired) electrons. The fourth-order valence-corrected chi connectivity index (χ4v) is 3.24. The van der Waals surface area contributed by atoms with Crippen molar-refractivity contribution in [2.75, 3.05) is 18.0 Å². The van der Waals surface area contributed by atoms with Crippen LogP contribution in [0.4, 0.5) is 5.82 Å². The van der Waals surface area contributed by atoms with Gasteiger partial charge in [-0.15, -0.1) is 0 Å². The van der Waals surface area contributed by atoms with Gasteiger partial charge in [-0.3, -0.25) is 0 Å². The summed E-state index contributed by atoms with van der Waals surface area (Å²) in [4.78, 5) is 7.46. The van der Waals surface area contributed by atoms with E-state index in [1.807, 2.05) is 0 Å². The summed E-state index contributed by atoms with van der Waals surface area (Å²) in [6.45, 7) is 9.95. The van der Waals surface area contributed by atoms with Crippen molar-refractivity contribution in [2.24, 2.45) is 0 Å². The first kappa shape index (κ1) is 16.3. The molecule has 0 amide bonds. The summed E-state index contributed by atoms with van der Waals surface area (Å²) < 4.78 is 0. The Kier molecular flexibility index (Phi) is 6.50. The maximum Gasteiger partial charge on any atom is 0.129 e. The number of rotatable bonds is 8. The number of aromatic nitrogens is 1. The Morgan fingerprint density at radius 2 is 2.10 bits per heavy atom. The Morgan fingerprint density at radius 3 is 2.81 bits per heavy atom. The number of pyridine rings is 1. The van der Waals surface area contributed by atoms with E-state index in [0.717, 1.165) is 25.9 Å². The molecule has 2 heterocycles. The lowest BCUT2D eigenvalue weighted by Crippen LogP contribution is -2.29. The second-order valence-corrected chi connectivity index (χ2v) is 6.15. The highest BCUT2D eigenvalue weighted by Gasteiger charge is 2.24. The van der Waals surface area contributed by atoms with Gasteiger partial charge in [-0.1, -0.05) is 27.2 Å². The summed E-state index contributed by atoms with van der Waals surface area (Å²) in [5.74, 6) is 1.21. The van der Waals surface area contributed by atoms with Gasteiger partial charge < -0.3 is 10.2 Å². The molecule has 3 heteroatoms. The zero-order valence-electron chi connectivity index (χ0n) is 14.0. The van der Waals surface area contributed by atoms with Crippen LogP contribution in [0.5, 0.6) is 0 Å². The smallest absolute Gasteiger partial charge is 0.129 e. The Balaban J connectivity index is 2.18. The van der Waals surface area contributed by atoms with Crippen LogP contribution < -0.4 is 10.2 Å². The minimum absolute atomic E-state index is 0.686. The van der Waals surface area contributed by atoms with E-state index in [2.05, 4.69) is 43.1 Å². The zero-order valence-corrected chi connectivity index (χ0v) is 14.0. The summed E-state index contributed by atoms with van der Waals surface area (Å²) in [6.07, 6.45) is 7.28. The molecule has 1 aliphatic heterocycles. The van der Waals surface area contributed by atoms with E-state index in [1.165, 1.54) is 49.3 Å². The van der Waals surface area contributed by atoms with Crippen molar-refractivity contribution >= 4 is 5.82 Å². The van der Waals surface area contributed by atoms with Crippen LogP contribution in [0.15, 0.2) is 12.1 Å². The molecule has 1 aliphatic rings. The summed E-state index contributed by atoms with van der Waals surface area (Å²) in [5, 5.41) is 3.52. The first-order valence-electron chi connectivity index (χ1n) is 8.75. The molecule has 1 atom stereocenters. The van der Waals surface area contributed by atoms with E-state index in [-0.39, 0.29) is 0 Å². The molecule has 0 aromatic carbocycles. The van der Waals surface area contributed by atoms with Crippen molar-refractivity contribution in [1.29, 1.82) is 0 Å². The Labute approximate surface area is 130 Å². The van der Waals surface area contributed by atoms with Crippen LogP contribution in [-0.2, 0) is 13.0 Å². The number of anilines is 1. The molecule has 1 aromatic rings. The van der Waals surface area contributed by atoms with Gasteiger partial charge in [0.05, 0.1) is 0 Å². The van der Waals surface area contributed by atoms with E-state index < -0.39 is 0 Å². The summed E-state index contributed by atoms with van der Waals surface area (Å²) in [6, 6.07) is 5.27. The molecular weight excluding hydrogens is 258 g/mol. The predicted molar refractivity (Wildman–Crippen MR) is 90.9 cm³/mol. The molecule has 1 fully saturated rings. The van der Waals surface area contributed by atoms with Gasteiger partial charge in [0.1, 0.15) is 5.82 Å². The van der Waals surface area contributed by atoms with Crippen molar-refractivity contribution in [1.82, 2.24) is 10.3 Å². The summed E-state index contributed by atoms with van der Waals surface area (Å²) >= 11 is 0. The molecule has 1 N–H and O–H groups in total. The van der Waals surface area contributed by atoms with Crippen molar-refractivity contribution < 1.29 is 0 Å². The van der Waals surface area contributed by atoms with Gasteiger partial charge in [0.25, 0.3) is 0 Å². The molecule has 0 spiro atoms. The minimum atomic E-state index is 0.686. The second kappa shape index (κ2) is 8.38. The third kappa shape index (κ3) is 4.44. The van der Waals surface area contributed by atoms with Crippen LogP contribution >= 0.6 is 0 Å². The van der Waals surface area contributed by atoms with Crippen molar-refractivity contribution in [3.63, 3.8) is 0 Å². The molecule has 0 bridgehead atoms. The van der Waals surface area contributed by atoms with Crippen molar-refractivity contribution in [3.8, 4) is 0 Å². The molecule has 1 unspecified atom stereocenters. The zero-order chi connectivity index (χ0) is 15.1. The maximum absolute atomic E-state index is 4.93. The van der Waals surface area contributed by atoms with E-state index >= 15 is 0 Å². The van der Waals surface area contributed by atoms with Crippen molar-refractivity contribution in [2.45, 2.75) is 71.9 Å². The largest absolute Gasteiger partial charge is 0.354 e. The van der Waals surface area contributed by atoms with Crippen LogP contribution in [-0.4, -0.2) is 24.1 Å². The first-order valence-corrected chi connectivity index (χ1v) is 8.75. The summed E-state index contributed by atoms with van der Waals surface area (Å²) in [7, 11) is 0. The highest BCUT2D eigenvalue weighted by Crippen LogP contribution is 2.27. The van der Waals surface area contributed by atoms with Gasteiger partial charge >= 0.3 is 0 Å². The molecule has 3 nitrogen and oxygen atoms in total. The molecule has 1 aromatic heterocycles. The van der Waals surface area contributed by atoms with E-state index in [1.54, 1.807) is 0 Å². The standard InChI is InChI=1S/C18H31N3/c1-4-8-16-12-15(14-19-10-5-2)13-18(20-16)21-11-7-9-17(21)6-3/h12-13,17,19H,4-11,14H2,1-3H3. The topological polar surface area (TPSA) is 28.2 Å². The van der Waals surface area contributed by atoms with Crippen LogP contribution in [0, 0.1) is 0 Å². The van der Waals surface area contributed by atoms with E-state index in [4.69, 9.17) is 4.98 Å². The van der Waals surface area contributed by atoms with Crippen LogP contribution in [0.2, 0.25) is 0 Å². The van der Waals surface area contributed by atoms with E-state index in [0.29, 0.717) is 6.04 Å². The van der Waals surface area contributed by atoms with Gasteiger partial charge in [0, 0.05) is 24.8 Å². The van der Waals surface area contributed by atoms with Gasteiger partial charge in [-0.25, -0.2) is 4.98 Å². The number of hydrogen-bond acceptors (Lipinski definition) is 3. The molecule has 0 aliphatic carbocycles. The first-order chi connectivity index (χ1) is 10.3. The maximum atomic E-state index is 4.93. The quantitative estimate of drug-likeness (QED) is 0.735. The summed E-state index contributed by atoms with van der Waals surface area (Å²) in [5.41, 5.74) is 2.64. The molecular formula is C18H31N3. The Hall–Kier alpha value is -1.09. The molecule has 21 heavy (non-hydrogen) atoms. The molecule has 0 saturated carbocycles. The number of hydrogen-bond donors (Lipinski definition) is 1. The fraction of sp³-hybridized carbons (Fsp3) is 0.722. The van der Waals surface area contributed by atoms with Gasteiger partial charge in [0.2, 0.25) is 0 Å². The average molecular weight is 289 g/mol. The molecule has 118 valence electrons. The van der Waals surface area contributed by atoms with Crippen LogP contribution in [0.3, 0.4) is 0 Å². The third-order valence-corrected chi connectivity index (χ3v) is 4.33. The Bertz CT molecular complexity index is 430. The highest BCUT2D eigenvalue weighted by molar-refractivity contribution is 5.45. The predicted octanol–water partition coefficient (Wildman–Crippen LogP) is 3.91. The highest BCUT2D eigenvalue weighted by atomic mass is 15.2. The van der Waals surface area contributed by atoms with Crippen LogP contribution in [0.1, 0.15) is 64.1 Å². The van der Waals surface area contributed by atoms with Gasteiger partial charge in [-0.2, -0.15) is 0 Å². The van der Waals surface area contributed by atoms with Gasteiger partial charge in [-0.05, 0) is 56.3 Å². The monoisotopic (exact) mass is 289 g/mol. The average Bonchev–Trinajstić information content (AvgIpc) is 2.96. The number of nitrogens with one attached hydrogen (secondary N) is 1. The van der Waals surface area contributed by atoms with Crippen LogP contribution in [0.25, 0.3) is 0 Å². The van der Waals surface area contributed by atoms with Crippen molar-refractivity contribution in [3.05, 3.63) is 23.4 Å². The lowest BCUT2D eigenvalue weighted by Gasteiger charge is -2.26. The van der Waals surface area contributed by atoms with Gasteiger partial charge in [0.15, 0.2) is 0 Å².